The molecule has 1 fully saturated rings. The first-order valence-corrected chi connectivity index (χ1v) is 8.95. The van der Waals surface area contributed by atoms with E-state index < -0.39 is 15.8 Å². The van der Waals surface area contributed by atoms with Crippen LogP contribution < -0.4 is 5.73 Å². The molecule has 0 spiro atoms. The molecular formula is C13H19BrFN3O2S. The van der Waals surface area contributed by atoms with Crippen LogP contribution >= 0.6 is 15.9 Å². The van der Waals surface area contributed by atoms with Crippen LogP contribution in [-0.4, -0.2) is 50.3 Å². The number of nitrogens with two attached hydrogens (primary N) is 1. The van der Waals surface area contributed by atoms with E-state index in [0.717, 1.165) is 12.5 Å². The average molecular weight is 380 g/mol. The summed E-state index contributed by atoms with van der Waals surface area (Å²) in [6, 6.07) is 2.45. The standard InChI is InChI=1S/C13H19BrFN3O2S/c1-3-9-8-18(5-4-17(9)2)21(19,20)13-7-12(16)11(15)6-10(13)14/h6-7,9H,3-5,8,16H2,1-2H3. The van der Waals surface area contributed by atoms with Crippen molar-refractivity contribution in [2.75, 3.05) is 32.4 Å². The molecule has 5 nitrogen and oxygen atoms in total. The smallest absolute Gasteiger partial charge is 0.244 e. The SMILES string of the molecule is CCC1CN(S(=O)(=O)c2cc(N)c(F)cc2Br)CCN1C. The molecule has 1 aromatic rings. The summed E-state index contributed by atoms with van der Waals surface area (Å²) in [5, 5.41) is 0. The molecule has 1 aliphatic rings. The van der Waals surface area contributed by atoms with Crippen LogP contribution in [0.2, 0.25) is 0 Å². The van der Waals surface area contributed by atoms with Crippen molar-refractivity contribution in [3.63, 3.8) is 0 Å². The topological polar surface area (TPSA) is 66.6 Å². The number of rotatable bonds is 3. The van der Waals surface area contributed by atoms with E-state index in [9.17, 15) is 12.8 Å². The van der Waals surface area contributed by atoms with Crippen LogP contribution in [0.5, 0.6) is 0 Å². The normalized spacial score (nSPS) is 21.6. The molecular weight excluding hydrogens is 361 g/mol. The maximum absolute atomic E-state index is 13.4. The van der Waals surface area contributed by atoms with Gasteiger partial charge in [-0.3, -0.25) is 0 Å². The molecule has 0 bridgehead atoms. The fraction of sp³-hybridized carbons (Fsp3) is 0.538. The second-order valence-electron chi connectivity index (χ2n) is 5.21. The zero-order valence-electron chi connectivity index (χ0n) is 12.0. The van der Waals surface area contributed by atoms with Crippen LogP contribution in [0.1, 0.15) is 13.3 Å². The molecule has 1 heterocycles. The van der Waals surface area contributed by atoms with Gasteiger partial charge in [0.25, 0.3) is 0 Å². The van der Waals surface area contributed by atoms with Gasteiger partial charge < -0.3 is 10.6 Å². The summed E-state index contributed by atoms with van der Waals surface area (Å²) in [5.74, 6) is -0.634. The van der Waals surface area contributed by atoms with Gasteiger partial charge in [0.2, 0.25) is 10.0 Å². The van der Waals surface area contributed by atoms with Crippen molar-refractivity contribution < 1.29 is 12.8 Å². The second kappa shape index (κ2) is 6.20. The summed E-state index contributed by atoms with van der Waals surface area (Å²) in [6.07, 6.45) is 0.870. The Morgan fingerprint density at radius 3 is 2.71 bits per heavy atom. The third kappa shape index (κ3) is 3.23. The molecule has 118 valence electrons. The Morgan fingerprint density at radius 2 is 2.10 bits per heavy atom. The summed E-state index contributed by atoms with van der Waals surface area (Å²) in [5.41, 5.74) is 5.34. The van der Waals surface area contributed by atoms with Gasteiger partial charge in [0, 0.05) is 30.1 Å². The predicted octanol–water partition coefficient (Wildman–Crippen LogP) is 1.89. The molecule has 1 atom stereocenters. The Morgan fingerprint density at radius 1 is 1.43 bits per heavy atom. The molecule has 1 unspecified atom stereocenters. The number of anilines is 1. The minimum absolute atomic E-state index is 0.0146. The van der Waals surface area contributed by atoms with E-state index in [1.807, 2.05) is 14.0 Å². The molecule has 0 saturated carbocycles. The van der Waals surface area contributed by atoms with Gasteiger partial charge >= 0.3 is 0 Å². The number of piperazine rings is 1. The zero-order valence-corrected chi connectivity index (χ0v) is 14.4. The quantitative estimate of drug-likeness (QED) is 0.814. The Labute approximate surface area is 133 Å². The minimum Gasteiger partial charge on any atom is -0.396 e. The second-order valence-corrected chi connectivity index (χ2v) is 7.97. The van der Waals surface area contributed by atoms with Gasteiger partial charge in [0.05, 0.1) is 10.6 Å². The molecule has 0 amide bonds. The summed E-state index contributed by atoms with van der Waals surface area (Å²) in [7, 11) is -1.70. The van der Waals surface area contributed by atoms with Crippen LogP contribution in [0.3, 0.4) is 0 Å². The van der Waals surface area contributed by atoms with Gasteiger partial charge in [0.15, 0.2) is 0 Å². The van der Waals surface area contributed by atoms with Gasteiger partial charge in [-0.1, -0.05) is 6.92 Å². The number of likely N-dealkylation sites (N-methyl/N-ethyl adjacent to an activating group) is 1. The van der Waals surface area contributed by atoms with Crippen LogP contribution in [-0.2, 0) is 10.0 Å². The maximum atomic E-state index is 13.4. The number of hydrogen-bond donors (Lipinski definition) is 1. The van der Waals surface area contributed by atoms with E-state index in [-0.39, 0.29) is 21.1 Å². The highest BCUT2D eigenvalue weighted by atomic mass is 79.9. The molecule has 8 heteroatoms. The van der Waals surface area contributed by atoms with Crippen molar-refractivity contribution >= 4 is 31.6 Å². The number of halogens is 2. The lowest BCUT2D eigenvalue weighted by atomic mass is 10.1. The Bertz CT molecular complexity index is 639. The van der Waals surface area contributed by atoms with E-state index in [1.165, 1.54) is 10.4 Å². The van der Waals surface area contributed by atoms with Crippen LogP contribution in [0, 0.1) is 5.82 Å². The first-order valence-electron chi connectivity index (χ1n) is 6.72. The van der Waals surface area contributed by atoms with Crippen molar-refractivity contribution in [1.29, 1.82) is 0 Å². The molecule has 2 rings (SSSR count). The summed E-state index contributed by atoms with van der Waals surface area (Å²) < 4.78 is 40.5. The Hall–Kier alpha value is -0.700. The van der Waals surface area contributed by atoms with Gasteiger partial charge in [-0.2, -0.15) is 4.31 Å². The molecule has 1 aliphatic heterocycles. The lowest BCUT2D eigenvalue weighted by Gasteiger charge is -2.38. The lowest BCUT2D eigenvalue weighted by molar-refractivity contribution is 0.144. The molecule has 2 N–H and O–H groups in total. The van der Waals surface area contributed by atoms with Crippen molar-refractivity contribution in [1.82, 2.24) is 9.21 Å². The van der Waals surface area contributed by atoms with Gasteiger partial charge in [-0.15, -0.1) is 0 Å². The monoisotopic (exact) mass is 379 g/mol. The van der Waals surface area contributed by atoms with Crippen LogP contribution in [0.15, 0.2) is 21.5 Å². The predicted molar refractivity (Wildman–Crippen MR) is 84.0 cm³/mol. The minimum atomic E-state index is -3.69. The van der Waals surface area contributed by atoms with Crippen molar-refractivity contribution in [3.8, 4) is 0 Å². The van der Waals surface area contributed by atoms with Gasteiger partial charge in [0.1, 0.15) is 5.82 Å². The highest BCUT2D eigenvalue weighted by Gasteiger charge is 2.33. The fourth-order valence-corrected chi connectivity index (χ4v) is 4.94. The van der Waals surface area contributed by atoms with Crippen LogP contribution in [0.4, 0.5) is 10.1 Å². The van der Waals surface area contributed by atoms with Crippen molar-refractivity contribution in [3.05, 3.63) is 22.4 Å². The fourth-order valence-electron chi connectivity index (χ4n) is 2.46. The van der Waals surface area contributed by atoms with Gasteiger partial charge in [-0.05, 0) is 41.5 Å². The Balaban J connectivity index is 2.37. The maximum Gasteiger partial charge on any atom is 0.244 e. The van der Waals surface area contributed by atoms with E-state index in [1.54, 1.807) is 0 Å². The Kier molecular flexibility index (Phi) is 4.92. The zero-order chi connectivity index (χ0) is 15.8. The van der Waals surface area contributed by atoms with E-state index in [4.69, 9.17) is 5.73 Å². The molecule has 0 radical (unpaired) electrons. The third-order valence-corrected chi connectivity index (χ3v) is 6.70. The number of sulfonamides is 1. The van der Waals surface area contributed by atoms with E-state index >= 15 is 0 Å². The molecule has 0 aromatic heterocycles. The number of hydrogen-bond acceptors (Lipinski definition) is 4. The molecule has 21 heavy (non-hydrogen) atoms. The highest BCUT2D eigenvalue weighted by Crippen LogP contribution is 2.30. The van der Waals surface area contributed by atoms with Crippen molar-refractivity contribution in [2.45, 2.75) is 24.3 Å². The summed E-state index contributed by atoms with van der Waals surface area (Å²) in [6.45, 7) is 3.55. The number of nitrogens with zero attached hydrogens (tertiary/aromatic N) is 2. The first kappa shape index (κ1) is 16.7. The highest BCUT2D eigenvalue weighted by molar-refractivity contribution is 9.10. The molecule has 1 aromatic carbocycles. The van der Waals surface area contributed by atoms with E-state index in [2.05, 4.69) is 20.8 Å². The molecule has 1 saturated heterocycles. The van der Waals surface area contributed by atoms with E-state index in [0.29, 0.717) is 19.6 Å². The largest absolute Gasteiger partial charge is 0.396 e. The van der Waals surface area contributed by atoms with Crippen molar-refractivity contribution in [2.24, 2.45) is 0 Å². The molecule has 0 aliphatic carbocycles. The number of nitrogen functional groups attached to an aromatic ring is 1. The third-order valence-electron chi connectivity index (χ3n) is 3.88. The van der Waals surface area contributed by atoms with Crippen LogP contribution in [0.25, 0.3) is 0 Å². The summed E-state index contributed by atoms with van der Waals surface area (Å²) >= 11 is 3.12. The first-order chi connectivity index (χ1) is 9.77. The average Bonchev–Trinajstić information content (AvgIpc) is 2.43. The number of benzene rings is 1. The lowest BCUT2D eigenvalue weighted by Crippen LogP contribution is -2.52. The summed E-state index contributed by atoms with van der Waals surface area (Å²) in [4.78, 5) is 2.17. The van der Waals surface area contributed by atoms with Gasteiger partial charge in [-0.25, -0.2) is 12.8 Å².